The lowest BCUT2D eigenvalue weighted by molar-refractivity contribution is -0.142. The standard InChI is InChI=1S/C28H42N2O6.CH4O/c1-20-16-21(2)27(22(3)17-20)25(18-31)28(34)23-4-6-24(7-5-23)36-15-13-30-10-8-29(9-11-30)12-14-35-19-26(32)33;1-2/h16-18,23-24,31H,4-15,19H2,1-3H3,(H,32,33);2H,1H3/b25-18+;. The number of hydrogen-bond donors (Lipinski definition) is 3. The minimum absolute atomic E-state index is 0.0391. The lowest BCUT2D eigenvalue weighted by Crippen LogP contribution is -2.48. The van der Waals surface area contributed by atoms with Crippen LogP contribution in [0.25, 0.3) is 5.57 Å². The number of carbonyl (C=O) groups excluding carboxylic acids is 1. The zero-order chi connectivity index (χ0) is 28.1. The van der Waals surface area contributed by atoms with Crippen LogP contribution in [0.15, 0.2) is 18.4 Å². The molecule has 1 saturated heterocycles. The molecule has 2 fully saturated rings. The van der Waals surface area contributed by atoms with Gasteiger partial charge in [-0.15, -0.1) is 0 Å². The van der Waals surface area contributed by atoms with Crippen LogP contribution in [0.2, 0.25) is 0 Å². The van der Waals surface area contributed by atoms with E-state index in [4.69, 9.17) is 19.7 Å². The van der Waals surface area contributed by atoms with Gasteiger partial charge in [0.25, 0.3) is 0 Å². The van der Waals surface area contributed by atoms with E-state index in [0.29, 0.717) is 18.8 Å². The van der Waals surface area contributed by atoms with E-state index in [-0.39, 0.29) is 24.4 Å². The second-order valence-corrected chi connectivity index (χ2v) is 10.2. The average Bonchev–Trinajstić information content (AvgIpc) is 2.90. The number of nitrogens with zero attached hydrogens (tertiary/aromatic N) is 2. The van der Waals surface area contributed by atoms with Crippen LogP contribution < -0.4 is 0 Å². The highest BCUT2D eigenvalue weighted by molar-refractivity contribution is 6.22. The molecule has 0 radical (unpaired) electrons. The maximum atomic E-state index is 13.3. The van der Waals surface area contributed by atoms with Gasteiger partial charge in [-0.1, -0.05) is 17.7 Å². The minimum atomic E-state index is -0.931. The number of carbonyl (C=O) groups is 2. The maximum absolute atomic E-state index is 13.3. The van der Waals surface area contributed by atoms with Gasteiger partial charge in [0.15, 0.2) is 5.78 Å². The first-order chi connectivity index (χ1) is 18.3. The van der Waals surface area contributed by atoms with E-state index in [1.54, 1.807) is 0 Å². The van der Waals surface area contributed by atoms with Gasteiger partial charge < -0.3 is 24.8 Å². The Balaban J connectivity index is 0.00000247. The number of piperazine rings is 1. The smallest absolute Gasteiger partial charge is 0.329 e. The number of allylic oxidation sites excluding steroid dienone is 1. The van der Waals surface area contributed by atoms with Crippen molar-refractivity contribution in [1.29, 1.82) is 0 Å². The number of ketones is 1. The summed E-state index contributed by atoms with van der Waals surface area (Å²) in [5.41, 5.74) is 4.48. The fraction of sp³-hybridized carbons (Fsp3) is 0.655. The first-order valence-corrected chi connectivity index (χ1v) is 13.6. The Morgan fingerprint density at radius 1 is 0.921 bits per heavy atom. The number of carboxylic acid groups (broad SMARTS) is 1. The lowest BCUT2D eigenvalue weighted by Gasteiger charge is -2.35. The second-order valence-electron chi connectivity index (χ2n) is 10.2. The first-order valence-electron chi connectivity index (χ1n) is 13.6. The van der Waals surface area contributed by atoms with E-state index in [2.05, 4.69) is 21.9 Å². The number of carboxylic acids is 1. The zero-order valence-corrected chi connectivity index (χ0v) is 23.4. The summed E-state index contributed by atoms with van der Waals surface area (Å²) in [6.45, 7) is 12.4. The van der Waals surface area contributed by atoms with Crippen LogP contribution in [0.4, 0.5) is 0 Å². The molecule has 3 rings (SSSR count). The summed E-state index contributed by atoms with van der Waals surface area (Å²) in [5, 5.41) is 25.6. The molecule has 0 spiro atoms. The third kappa shape index (κ3) is 9.78. The molecule has 3 N–H and O–H groups in total. The van der Waals surface area contributed by atoms with Crippen LogP contribution in [0.1, 0.15) is 47.9 Å². The molecule has 0 aromatic heterocycles. The van der Waals surface area contributed by atoms with Gasteiger partial charge in [-0.2, -0.15) is 0 Å². The number of benzene rings is 1. The number of Topliss-reactive ketones (excluding diaryl/α,β-unsaturated/α-hetero) is 1. The summed E-state index contributed by atoms with van der Waals surface area (Å²) in [6, 6.07) is 4.11. The van der Waals surface area contributed by atoms with Gasteiger partial charge in [0.1, 0.15) is 6.61 Å². The Kier molecular flexibility index (Phi) is 14.0. The van der Waals surface area contributed by atoms with Gasteiger partial charge in [0.05, 0.1) is 31.2 Å². The van der Waals surface area contributed by atoms with E-state index in [0.717, 1.165) is 101 Å². The van der Waals surface area contributed by atoms with Crippen molar-refractivity contribution >= 4 is 17.3 Å². The predicted molar refractivity (Wildman–Crippen MR) is 147 cm³/mol. The van der Waals surface area contributed by atoms with Crippen LogP contribution in [0.5, 0.6) is 0 Å². The van der Waals surface area contributed by atoms with Crippen LogP contribution in [0.3, 0.4) is 0 Å². The molecule has 2 aliphatic rings. The highest BCUT2D eigenvalue weighted by Crippen LogP contribution is 2.33. The van der Waals surface area contributed by atoms with Crippen molar-refractivity contribution in [2.45, 2.75) is 52.6 Å². The summed E-state index contributed by atoms with van der Waals surface area (Å²) >= 11 is 0. The van der Waals surface area contributed by atoms with E-state index < -0.39 is 5.97 Å². The van der Waals surface area contributed by atoms with E-state index in [1.165, 1.54) is 0 Å². The molecule has 1 saturated carbocycles. The number of hydrogen-bond acceptors (Lipinski definition) is 8. The van der Waals surface area contributed by atoms with Crippen molar-refractivity contribution in [2.75, 3.05) is 66.2 Å². The topological polar surface area (TPSA) is 120 Å². The van der Waals surface area contributed by atoms with Crippen molar-refractivity contribution in [2.24, 2.45) is 5.92 Å². The molecule has 0 unspecified atom stereocenters. The number of ether oxygens (including phenoxy) is 2. The molecule has 1 aliphatic heterocycles. The molecule has 0 amide bonds. The quantitative estimate of drug-likeness (QED) is 0.211. The molecule has 1 aromatic carbocycles. The molecular weight excluding hydrogens is 488 g/mol. The van der Waals surface area contributed by atoms with E-state index in [1.807, 2.05) is 20.8 Å². The molecule has 1 heterocycles. The van der Waals surface area contributed by atoms with Gasteiger partial charge in [-0.05, 0) is 63.1 Å². The lowest BCUT2D eigenvalue weighted by atomic mass is 9.80. The summed E-state index contributed by atoms with van der Waals surface area (Å²) in [4.78, 5) is 28.5. The van der Waals surface area contributed by atoms with Crippen molar-refractivity contribution in [3.05, 3.63) is 40.6 Å². The normalized spacial score (nSPS) is 21.0. The maximum Gasteiger partial charge on any atom is 0.329 e. The molecular formula is C29H46N2O7. The Labute approximate surface area is 227 Å². The summed E-state index contributed by atoms with van der Waals surface area (Å²) < 4.78 is 11.3. The van der Waals surface area contributed by atoms with Crippen LogP contribution in [-0.2, 0) is 19.1 Å². The van der Waals surface area contributed by atoms with Gasteiger partial charge >= 0.3 is 5.97 Å². The second kappa shape index (κ2) is 16.6. The largest absolute Gasteiger partial charge is 0.515 e. The molecule has 0 atom stereocenters. The SMILES string of the molecule is CO.Cc1cc(C)c(/C(=C\O)C(=O)C2CCC(OCCN3CCN(CCOCC(=O)O)CC3)CC2)c(C)c1. The van der Waals surface area contributed by atoms with Crippen molar-refractivity contribution < 1.29 is 34.4 Å². The fourth-order valence-electron chi connectivity index (χ4n) is 5.51. The molecule has 38 heavy (non-hydrogen) atoms. The van der Waals surface area contributed by atoms with Gasteiger partial charge in [-0.25, -0.2) is 4.79 Å². The summed E-state index contributed by atoms with van der Waals surface area (Å²) in [5.74, 6) is -0.966. The van der Waals surface area contributed by atoms with E-state index >= 15 is 0 Å². The van der Waals surface area contributed by atoms with Gasteiger partial charge in [0.2, 0.25) is 0 Å². The predicted octanol–water partition coefficient (Wildman–Crippen LogP) is 2.98. The van der Waals surface area contributed by atoms with Crippen LogP contribution >= 0.6 is 0 Å². The van der Waals surface area contributed by atoms with Crippen LogP contribution in [0, 0.1) is 26.7 Å². The van der Waals surface area contributed by atoms with Gasteiger partial charge in [-0.3, -0.25) is 14.6 Å². The number of rotatable bonds is 12. The first kappa shape index (κ1) is 31.9. The Morgan fingerprint density at radius 3 is 1.95 bits per heavy atom. The molecule has 1 aromatic rings. The highest BCUT2D eigenvalue weighted by Gasteiger charge is 2.30. The zero-order valence-electron chi connectivity index (χ0n) is 23.4. The van der Waals surface area contributed by atoms with Crippen molar-refractivity contribution in [3.8, 4) is 0 Å². The average molecular weight is 535 g/mol. The third-order valence-corrected chi connectivity index (χ3v) is 7.39. The molecule has 9 heteroatoms. The van der Waals surface area contributed by atoms with Crippen LogP contribution in [-0.4, -0.2) is 109 Å². The molecule has 1 aliphatic carbocycles. The Hall–Kier alpha value is -2.30. The number of aryl methyl sites for hydroxylation is 3. The Bertz CT molecular complexity index is 894. The van der Waals surface area contributed by atoms with Crippen molar-refractivity contribution in [3.63, 3.8) is 0 Å². The van der Waals surface area contributed by atoms with Crippen molar-refractivity contribution in [1.82, 2.24) is 9.80 Å². The van der Waals surface area contributed by atoms with Gasteiger partial charge in [0, 0.05) is 52.3 Å². The van der Waals surface area contributed by atoms with E-state index in [9.17, 15) is 14.7 Å². The number of aliphatic hydroxyl groups is 2. The molecule has 0 bridgehead atoms. The number of aliphatic hydroxyl groups excluding tert-OH is 2. The summed E-state index contributed by atoms with van der Waals surface area (Å²) in [7, 11) is 1.00. The number of aliphatic carboxylic acids is 1. The monoisotopic (exact) mass is 534 g/mol. The highest BCUT2D eigenvalue weighted by atomic mass is 16.5. The minimum Gasteiger partial charge on any atom is -0.515 e. The fourth-order valence-corrected chi connectivity index (χ4v) is 5.51. The third-order valence-electron chi connectivity index (χ3n) is 7.39. The molecule has 214 valence electrons. The molecule has 9 nitrogen and oxygen atoms in total. The Morgan fingerprint density at radius 2 is 1.45 bits per heavy atom. The summed E-state index contributed by atoms with van der Waals surface area (Å²) in [6.07, 6.45) is 4.49.